The summed E-state index contributed by atoms with van der Waals surface area (Å²) >= 11 is 0. The Morgan fingerprint density at radius 1 is 1.22 bits per heavy atom. The van der Waals surface area contributed by atoms with Crippen LogP contribution in [-0.4, -0.2) is 22.5 Å². The van der Waals surface area contributed by atoms with Gasteiger partial charge < -0.3 is 10.4 Å². The molecule has 120 valence electrons. The topological polar surface area (TPSA) is 92.5 Å². The molecule has 0 spiro atoms. The van der Waals surface area contributed by atoms with Gasteiger partial charge in [0, 0.05) is 12.6 Å². The predicted molar refractivity (Wildman–Crippen MR) is 76.7 cm³/mol. The maximum atomic E-state index is 13.7. The number of aliphatic hydroxyl groups is 1. The summed E-state index contributed by atoms with van der Waals surface area (Å²) in [6.07, 6.45) is -1.10. The normalized spacial score (nSPS) is 11.8. The Bertz CT molecular complexity index is 735. The lowest BCUT2D eigenvalue weighted by molar-refractivity contribution is -0.385. The Balaban J connectivity index is 2.02. The van der Waals surface area contributed by atoms with Crippen molar-refractivity contribution in [1.82, 2.24) is 5.32 Å². The van der Waals surface area contributed by atoms with E-state index >= 15 is 0 Å². The molecule has 23 heavy (non-hydrogen) atoms. The van der Waals surface area contributed by atoms with Crippen LogP contribution in [0.15, 0.2) is 42.5 Å². The number of hydrogen-bond donors (Lipinski definition) is 2. The van der Waals surface area contributed by atoms with Gasteiger partial charge in [-0.3, -0.25) is 14.9 Å². The largest absolute Gasteiger partial charge is 0.387 e. The van der Waals surface area contributed by atoms with Crippen molar-refractivity contribution in [3.63, 3.8) is 0 Å². The van der Waals surface area contributed by atoms with Crippen LogP contribution >= 0.6 is 0 Å². The first-order valence-corrected chi connectivity index (χ1v) is 6.54. The van der Waals surface area contributed by atoms with E-state index in [1.54, 1.807) is 0 Å². The first-order valence-electron chi connectivity index (χ1n) is 6.54. The van der Waals surface area contributed by atoms with Gasteiger partial charge in [-0.2, -0.15) is 0 Å². The molecule has 2 aromatic rings. The first kappa shape index (κ1) is 16.5. The van der Waals surface area contributed by atoms with Crippen molar-refractivity contribution in [3.05, 3.63) is 75.3 Å². The Hall–Kier alpha value is -2.87. The molecule has 0 bridgehead atoms. The SMILES string of the molecule is O=C(NCC(O)c1ccc(F)cc1)c1ccc([N+](=O)[O-])cc1F. The van der Waals surface area contributed by atoms with E-state index in [1.165, 1.54) is 12.1 Å². The summed E-state index contributed by atoms with van der Waals surface area (Å²) in [4.78, 5) is 21.6. The van der Waals surface area contributed by atoms with Gasteiger partial charge in [-0.1, -0.05) is 12.1 Å². The lowest BCUT2D eigenvalue weighted by atomic mass is 10.1. The Morgan fingerprint density at radius 3 is 2.43 bits per heavy atom. The summed E-state index contributed by atoms with van der Waals surface area (Å²) in [5, 5.41) is 22.7. The van der Waals surface area contributed by atoms with Gasteiger partial charge in [-0.05, 0) is 23.8 Å². The molecule has 2 N–H and O–H groups in total. The number of carbonyl (C=O) groups is 1. The molecule has 6 nitrogen and oxygen atoms in total. The van der Waals surface area contributed by atoms with Gasteiger partial charge in [0.1, 0.15) is 11.6 Å². The molecular weight excluding hydrogens is 310 g/mol. The fourth-order valence-electron chi connectivity index (χ4n) is 1.89. The average Bonchev–Trinajstić information content (AvgIpc) is 2.52. The minimum atomic E-state index is -1.10. The highest BCUT2D eigenvalue weighted by atomic mass is 19.1. The van der Waals surface area contributed by atoms with E-state index in [4.69, 9.17) is 0 Å². The van der Waals surface area contributed by atoms with Crippen molar-refractivity contribution in [3.8, 4) is 0 Å². The number of amides is 1. The number of benzene rings is 2. The number of carbonyl (C=O) groups excluding carboxylic acids is 1. The average molecular weight is 322 g/mol. The van der Waals surface area contributed by atoms with Crippen molar-refractivity contribution in [2.24, 2.45) is 0 Å². The summed E-state index contributed by atoms with van der Waals surface area (Å²) in [7, 11) is 0. The van der Waals surface area contributed by atoms with E-state index in [2.05, 4.69) is 5.32 Å². The standard InChI is InChI=1S/C15H12F2N2O4/c16-10-3-1-9(2-4-10)14(20)8-18-15(21)12-6-5-11(19(22)23)7-13(12)17/h1-7,14,20H,8H2,(H,18,21). The van der Waals surface area contributed by atoms with Crippen molar-refractivity contribution < 1.29 is 23.6 Å². The van der Waals surface area contributed by atoms with Crippen LogP contribution < -0.4 is 5.32 Å². The summed E-state index contributed by atoms with van der Waals surface area (Å²) in [5.41, 5.74) is -0.455. The Labute approximate surface area is 129 Å². The molecule has 1 unspecified atom stereocenters. The monoisotopic (exact) mass is 322 g/mol. The number of nitro benzene ring substituents is 1. The van der Waals surface area contributed by atoms with Crippen LogP contribution in [0.5, 0.6) is 0 Å². The fourth-order valence-corrected chi connectivity index (χ4v) is 1.89. The van der Waals surface area contributed by atoms with Gasteiger partial charge in [0.05, 0.1) is 22.7 Å². The second-order valence-corrected chi connectivity index (χ2v) is 4.70. The number of nitrogens with one attached hydrogen (secondary N) is 1. The summed E-state index contributed by atoms with van der Waals surface area (Å²) in [6.45, 7) is -0.221. The van der Waals surface area contributed by atoms with Gasteiger partial charge in [-0.15, -0.1) is 0 Å². The van der Waals surface area contributed by atoms with E-state index in [1.807, 2.05) is 0 Å². The zero-order chi connectivity index (χ0) is 17.0. The molecule has 0 saturated heterocycles. The highest BCUT2D eigenvalue weighted by Gasteiger charge is 2.17. The van der Waals surface area contributed by atoms with Gasteiger partial charge >= 0.3 is 0 Å². The number of non-ortho nitro benzene ring substituents is 1. The second-order valence-electron chi connectivity index (χ2n) is 4.70. The van der Waals surface area contributed by atoms with E-state index in [0.717, 1.165) is 24.3 Å². The van der Waals surface area contributed by atoms with E-state index in [-0.39, 0.29) is 12.1 Å². The molecule has 1 amide bonds. The third-order valence-electron chi connectivity index (χ3n) is 3.12. The molecule has 8 heteroatoms. The zero-order valence-corrected chi connectivity index (χ0v) is 11.7. The molecule has 0 radical (unpaired) electrons. The quantitative estimate of drug-likeness (QED) is 0.653. The number of nitrogens with zero attached hydrogens (tertiary/aromatic N) is 1. The Kier molecular flexibility index (Phi) is 4.97. The molecule has 2 rings (SSSR count). The third-order valence-corrected chi connectivity index (χ3v) is 3.12. The number of rotatable bonds is 5. The third kappa shape index (κ3) is 4.07. The van der Waals surface area contributed by atoms with Crippen molar-refractivity contribution in [2.75, 3.05) is 6.54 Å². The van der Waals surface area contributed by atoms with Crippen LogP contribution in [0.25, 0.3) is 0 Å². The lowest BCUT2D eigenvalue weighted by Gasteiger charge is -2.12. The highest BCUT2D eigenvalue weighted by molar-refractivity contribution is 5.94. The molecule has 0 aromatic heterocycles. The first-order chi connectivity index (χ1) is 10.9. The Morgan fingerprint density at radius 2 is 1.87 bits per heavy atom. The van der Waals surface area contributed by atoms with Crippen LogP contribution in [0, 0.1) is 21.7 Å². The zero-order valence-electron chi connectivity index (χ0n) is 11.7. The van der Waals surface area contributed by atoms with Crippen LogP contribution in [0.1, 0.15) is 22.0 Å². The maximum absolute atomic E-state index is 13.7. The van der Waals surface area contributed by atoms with Gasteiger partial charge in [0.15, 0.2) is 0 Å². The lowest BCUT2D eigenvalue weighted by Crippen LogP contribution is -2.29. The van der Waals surface area contributed by atoms with Crippen LogP contribution in [0.2, 0.25) is 0 Å². The molecular formula is C15H12F2N2O4. The number of aliphatic hydroxyl groups excluding tert-OH is 1. The van der Waals surface area contributed by atoms with E-state index < -0.39 is 34.3 Å². The molecule has 0 saturated carbocycles. The molecule has 2 aromatic carbocycles. The van der Waals surface area contributed by atoms with Crippen molar-refractivity contribution in [2.45, 2.75) is 6.10 Å². The number of hydrogen-bond acceptors (Lipinski definition) is 4. The summed E-state index contributed by atoms with van der Waals surface area (Å²) in [5.74, 6) is -2.32. The minimum absolute atomic E-state index is 0.221. The van der Waals surface area contributed by atoms with Crippen LogP contribution in [-0.2, 0) is 0 Å². The van der Waals surface area contributed by atoms with Gasteiger partial charge in [-0.25, -0.2) is 8.78 Å². The predicted octanol–water partition coefficient (Wildman–Crippen LogP) is 2.34. The van der Waals surface area contributed by atoms with Crippen LogP contribution in [0.3, 0.4) is 0 Å². The van der Waals surface area contributed by atoms with Crippen molar-refractivity contribution >= 4 is 11.6 Å². The molecule has 0 fully saturated rings. The summed E-state index contributed by atoms with van der Waals surface area (Å²) < 4.78 is 26.5. The molecule has 1 atom stereocenters. The summed E-state index contributed by atoms with van der Waals surface area (Å²) in [6, 6.07) is 7.69. The van der Waals surface area contributed by atoms with Gasteiger partial charge in [0.2, 0.25) is 0 Å². The minimum Gasteiger partial charge on any atom is -0.387 e. The molecule has 0 aliphatic heterocycles. The molecule has 0 aliphatic rings. The number of halogens is 2. The maximum Gasteiger partial charge on any atom is 0.272 e. The number of nitro groups is 1. The smallest absolute Gasteiger partial charge is 0.272 e. The van der Waals surface area contributed by atoms with E-state index in [9.17, 15) is 28.8 Å². The fraction of sp³-hybridized carbons (Fsp3) is 0.133. The van der Waals surface area contributed by atoms with Crippen LogP contribution in [0.4, 0.5) is 14.5 Å². The molecule has 0 aliphatic carbocycles. The van der Waals surface area contributed by atoms with E-state index in [0.29, 0.717) is 11.6 Å². The molecule has 0 heterocycles. The second kappa shape index (κ2) is 6.93. The highest BCUT2D eigenvalue weighted by Crippen LogP contribution is 2.17. The van der Waals surface area contributed by atoms with Gasteiger partial charge in [0.25, 0.3) is 11.6 Å². The van der Waals surface area contributed by atoms with Crippen molar-refractivity contribution in [1.29, 1.82) is 0 Å².